The Morgan fingerprint density at radius 1 is 1.11 bits per heavy atom. The summed E-state index contributed by atoms with van der Waals surface area (Å²) in [6.07, 6.45) is 7.51. The molecule has 102 valence electrons. The van der Waals surface area contributed by atoms with E-state index in [1.54, 1.807) is 0 Å². The highest BCUT2D eigenvalue weighted by molar-refractivity contribution is 5.83. The average Bonchev–Trinajstić information content (AvgIpc) is 2.98. The zero-order valence-corrected chi connectivity index (χ0v) is 11.6. The summed E-state index contributed by atoms with van der Waals surface area (Å²) in [7, 11) is 0. The molecule has 0 spiro atoms. The lowest BCUT2D eigenvalue weighted by atomic mass is 10.0. The summed E-state index contributed by atoms with van der Waals surface area (Å²) >= 11 is 0. The Balaban J connectivity index is 1.56. The van der Waals surface area contributed by atoms with Gasteiger partial charge in [-0.15, -0.1) is 0 Å². The lowest BCUT2D eigenvalue weighted by Gasteiger charge is -2.42. The normalized spacial score (nSPS) is 34.9. The largest absolute Gasteiger partial charge is 0.298 e. The highest BCUT2D eigenvalue weighted by Crippen LogP contribution is 2.28. The zero-order valence-electron chi connectivity index (χ0n) is 11.6. The smallest absolute Gasteiger partial charge is 0.149 e. The second-order valence-electron chi connectivity index (χ2n) is 6.52. The number of rotatable bonds is 3. The zero-order chi connectivity index (χ0) is 12.5. The van der Waals surface area contributed by atoms with Crippen molar-refractivity contribution in [3.8, 4) is 0 Å². The minimum absolute atomic E-state index is 0.388. The lowest BCUT2D eigenvalue weighted by Crippen LogP contribution is -2.56. The molecule has 0 amide bonds. The third-order valence-electron chi connectivity index (χ3n) is 5.24. The van der Waals surface area contributed by atoms with Gasteiger partial charge in [0.1, 0.15) is 5.78 Å². The van der Waals surface area contributed by atoms with Crippen LogP contribution in [0.2, 0.25) is 0 Å². The maximum atomic E-state index is 12.3. The van der Waals surface area contributed by atoms with Crippen LogP contribution in [-0.2, 0) is 4.79 Å². The topological polar surface area (TPSA) is 23.6 Å². The summed E-state index contributed by atoms with van der Waals surface area (Å²) < 4.78 is 0. The van der Waals surface area contributed by atoms with Gasteiger partial charge in [-0.25, -0.2) is 0 Å². The first-order valence-electron chi connectivity index (χ1n) is 7.75. The van der Waals surface area contributed by atoms with E-state index in [-0.39, 0.29) is 0 Å². The molecule has 0 radical (unpaired) electrons. The Bertz CT molecular complexity index is 312. The number of hydrogen-bond acceptors (Lipinski definition) is 3. The second-order valence-corrected chi connectivity index (χ2v) is 6.52. The molecular weight excluding hydrogens is 224 g/mol. The van der Waals surface area contributed by atoms with Crippen LogP contribution in [0.3, 0.4) is 0 Å². The van der Waals surface area contributed by atoms with Crippen molar-refractivity contribution >= 4 is 5.78 Å². The standard InChI is InChI=1S/C15H26N2O/c1-12-9-16-8-4-7-14(16)10-17(12)11-15(18)13-5-2-3-6-13/h12-14H,2-11H2,1H3. The fraction of sp³-hybridized carbons (Fsp3) is 0.933. The van der Waals surface area contributed by atoms with Gasteiger partial charge < -0.3 is 0 Å². The Hall–Kier alpha value is -0.410. The van der Waals surface area contributed by atoms with E-state index in [9.17, 15) is 4.79 Å². The molecule has 3 fully saturated rings. The fourth-order valence-electron chi connectivity index (χ4n) is 4.05. The molecule has 3 aliphatic rings. The van der Waals surface area contributed by atoms with E-state index in [1.807, 2.05) is 0 Å². The monoisotopic (exact) mass is 250 g/mol. The number of ketones is 1. The first kappa shape index (κ1) is 12.6. The van der Waals surface area contributed by atoms with Crippen LogP contribution in [0.1, 0.15) is 45.4 Å². The lowest BCUT2D eigenvalue weighted by molar-refractivity contribution is -0.125. The number of Topliss-reactive ketones (excluding diaryl/α,β-unsaturated/α-hetero) is 1. The van der Waals surface area contributed by atoms with Gasteiger partial charge in [0.05, 0.1) is 6.54 Å². The minimum Gasteiger partial charge on any atom is -0.298 e. The van der Waals surface area contributed by atoms with Crippen molar-refractivity contribution in [3.05, 3.63) is 0 Å². The molecule has 2 aliphatic heterocycles. The molecule has 3 nitrogen and oxygen atoms in total. The molecule has 3 rings (SSSR count). The van der Waals surface area contributed by atoms with Gasteiger partial charge in [0.2, 0.25) is 0 Å². The fourth-order valence-corrected chi connectivity index (χ4v) is 4.05. The molecule has 18 heavy (non-hydrogen) atoms. The molecule has 0 bridgehead atoms. The Morgan fingerprint density at radius 3 is 2.67 bits per heavy atom. The van der Waals surface area contributed by atoms with Crippen LogP contribution in [0.15, 0.2) is 0 Å². The van der Waals surface area contributed by atoms with E-state index < -0.39 is 0 Å². The molecule has 2 heterocycles. The molecular formula is C15H26N2O. The van der Waals surface area contributed by atoms with Crippen LogP contribution < -0.4 is 0 Å². The number of carbonyl (C=O) groups is 1. The minimum atomic E-state index is 0.388. The van der Waals surface area contributed by atoms with Crippen LogP contribution in [0.25, 0.3) is 0 Å². The quantitative estimate of drug-likeness (QED) is 0.764. The van der Waals surface area contributed by atoms with Crippen molar-refractivity contribution in [2.75, 3.05) is 26.2 Å². The Labute approximate surface area is 111 Å². The number of hydrogen-bond donors (Lipinski definition) is 0. The average molecular weight is 250 g/mol. The summed E-state index contributed by atoms with van der Waals surface area (Å²) in [6, 6.07) is 1.29. The number of piperazine rings is 1. The summed E-state index contributed by atoms with van der Waals surface area (Å²) in [5.74, 6) is 0.907. The maximum Gasteiger partial charge on any atom is 0.149 e. The van der Waals surface area contributed by atoms with Crippen LogP contribution in [0, 0.1) is 5.92 Å². The van der Waals surface area contributed by atoms with Crippen LogP contribution in [-0.4, -0.2) is 53.8 Å². The van der Waals surface area contributed by atoms with Crippen LogP contribution >= 0.6 is 0 Å². The van der Waals surface area contributed by atoms with E-state index in [0.29, 0.717) is 17.7 Å². The van der Waals surface area contributed by atoms with Crippen molar-refractivity contribution in [1.29, 1.82) is 0 Å². The van der Waals surface area contributed by atoms with Gasteiger partial charge in [-0.3, -0.25) is 14.6 Å². The van der Waals surface area contributed by atoms with E-state index in [4.69, 9.17) is 0 Å². The van der Waals surface area contributed by atoms with E-state index in [1.165, 1.54) is 38.8 Å². The second kappa shape index (κ2) is 5.30. The Kier molecular flexibility index (Phi) is 3.71. The number of carbonyl (C=O) groups excluding carboxylic acids is 1. The summed E-state index contributed by atoms with van der Waals surface area (Å²) in [6.45, 7) is 6.58. The Morgan fingerprint density at radius 2 is 1.89 bits per heavy atom. The molecule has 2 unspecified atom stereocenters. The third kappa shape index (κ3) is 2.48. The highest BCUT2D eigenvalue weighted by atomic mass is 16.1. The third-order valence-corrected chi connectivity index (χ3v) is 5.24. The van der Waals surface area contributed by atoms with Crippen molar-refractivity contribution in [2.24, 2.45) is 5.92 Å². The van der Waals surface area contributed by atoms with Crippen LogP contribution in [0.5, 0.6) is 0 Å². The summed E-state index contributed by atoms with van der Waals surface area (Å²) in [5.41, 5.74) is 0. The number of fused-ring (bicyclic) bond motifs is 1. The van der Waals surface area contributed by atoms with Gasteiger partial charge in [0.15, 0.2) is 0 Å². The molecule has 2 saturated heterocycles. The van der Waals surface area contributed by atoms with E-state index in [0.717, 1.165) is 32.0 Å². The molecule has 0 aromatic carbocycles. The SMILES string of the molecule is CC1CN2CCCC2CN1CC(=O)C1CCCC1. The van der Waals surface area contributed by atoms with Crippen molar-refractivity contribution < 1.29 is 4.79 Å². The van der Waals surface area contributed by atoms with Gasteiger partial charge >= 0.3 is 0 Å². The number of nitrogens with zero attached hydrogens (tertiary/aromatic N) is 2. The van der Waals surface area contributed by atoms with E-state index >= 15 is 0 Å². The van der Waals surface area contributed by atoms with Gasteiger partial charge in [-0.05, 0) is 39.2 Å². The first-order valence-corrected chi connectivity index (χ1v) is 7.75. The highest BCUT2D eigenvalue weighted by Gasteiger charge is 2.35. The molecule has 0 N–H and O–H groups in total. The van der Waals surface area contributed by atoms with E-state index in [2.05, 4.69) is 16.7 Å². The summed E-state index contributed by atoms with van der Waals surface area (Å²) in [5, 5.41) is 0. The van der Waals surface area contributed by atoms with Gasteiger partial charge in [0, 0.05) is 31.1 Å². The summed E-state index contributed by atoms with van der Waals surface area (Å²) in [4.78, 5) is 17.4. The molecule has 0 aromatic heterocycles. The molecule has 3 heteroatoms. The van der Waals surface area contributed by atoms with Crippen molar-refractivity contribution in [1.82, 2.24) is 9.80 Å². The molecule has 0 aromatic rings. The van der Waals surface area contributed by atoms with Gasteiger partial charge in [0.25, 0.3) is 0 Å². The van der Waals surface area contributed by atoms with Crippen LogP contribution in [0.4, 0.5) is 0 Å². The maximum absolute atomic E-state index is 12.3. The predicted molar refractivity (Wildman–Crippen MR) is 72.6 cm³/mol. The predicted octanol–water partition coefficient (Wildman–Crippen LogP) is 1.91. The van der Waals surface area contributed by atoms with Crippen molar-refractivity contribution in [2.45, 2.75) is 57.5 Å². The molecule has 1 aliphatic carbocycles. The van der Waals surface area contributed by atoms with Gasteiger partial charge in [-0.2, -0.15) is 0 Å². The molecule has 1 saturated carbocycles. The van der Waals surface area contributed by atoms with Crippen molar-refractivity contribution in [3.63, 3.8) is 0 Å². The van der Waals surface area contributed by atoms with Gasteiger partial charge in [-0.1, -0.05) is 12.8 Å². The molecule has 2 atom stereocenters. The first-order chi connectivity index (χ1) is 8.74.